The molecule has 1 rings (SSSR count). The van der Waals surface area contributed by atoms with E-state index in [1.54, 1.807) is 13.1 Å². The molecule has 0 saturated carbocycles. The summed E-state index contributed by atoms with van der Waals surface area (Å²) < 4.78 is 1.89. The Kier molecular flexibility index (Phi) is 6.27. The summed E-state index contributed by atoms with van der Waals surface area (Å²) in [6, 6.07) is 0. The van der Waals surface area contributed by atoms with Gasteiger partial charge in [0.15, 0.2) is 0 Å². The molecule has 2 atom stereocenters. The number of aromatic nitrogens is 3. The average molecular weight is 292 g/mol. The molecule has 0 fully saturated rings. The molecule has 5 heteroatoms. The first-order valence-electron chi connectivity index (χ1n) is 7.69. The van der Waals surface area contributed by atoms with E-state index in [1.165, 1.54) is 0 Å². The Labute approximate surface area is 127 Å². The summed E-state index contributed by atoms with van der Waals surface area (Å²) in [4.78, 5) is 12.1. The first-order chi connectivity index (χ1) is 9.92. The van der Waals surface area contributed by atoms with E-state index in [1.807, 2.05) is 18.7 Å². The first kappa shape index (κ1) is 17.6. The SMILES string of the molecule is C=C(c1cnnn1CCCC)[C@@H](CC)C(C)(NC)C(C)=O. The van der Waals surface area contributed by atoms with Crippen LogP contribution in [0.4, 0.5) is 0 Å². The Morgan fingerprint density at radius 2 is 2.19 bits per heavy atom. The van der Waals surface area contributed by atoms with Crippen LogP contribution >= 0.6 is 0 Å². The van der Waals surface area contributed by atoms with Crippen molar-refractivity contribution in [2.75, 3.05) is 7.05 Å². The third-order valence-corrected chi connectivity index (χ3v) is 4.45. The Bertz CT molecular complexity index is 494. The smallest absolute Gasteiger partial charge is 0.150 e. The van der Waals surface area contributed by atoms with Gasteiger partial charge >= 0.3 is 0 Å². The molecule has 1 aromatic rings. The van der Waals surface area contributed by atoms with Crippen molar-refractivity contribution in [3.05, 3.63) is 18.5 Å². The topological polar surface area (TPSA) is 59.8 Å². The van der Waals surface area contributed by atoms with Gasteiger partial charge in [-0.1, -0.05) is 32.1 Å². The summed E-state index contributed by atoms with van der Waals surface area (Å²) in [6.07, 6.45) is 4.73. The van der Waals surface area contributed by atoms with Crippen molar-refractivity contribution in [2.45, 2.75) is 59.0 Å². The second kappa shape index (κ2) is 7.50. The van der Waals surface area contributed by atoms with Gasteiger partial charge in [-0.25, -0.2) is 4.68 Å². The van der Waals surface area contributed by atoms with Crippen molar-refractivity contribution < 1.29 is 4.79 Å². The zero-order valence-corrected chi connectivity index (χ0v) is 13.9. The van der Waals surface area contributed by atoms with Crippen LogP contribution in [0.15, 0.2) is 12.8 Å². The molecule has 1 aromatic heterocycles. The molecule has 118 valence electrons. The van der Waals surface area contributed by atoms with Crippen LogP contribution in [0.2, 0.25) is 0 Å². The van der Waals surface area contributed by atoms with Crippen LogP contribution in [0.25, 0.3) is 5.57 Å². The molecule has 1 unspecified atom stereocenters. The van der Waals surface area contributed by atoms with E-state index in [-0.39, 0.29) is 11.7 Å². The fraction of sp³-hybridized carbons (Fsp3) is 0.688. The van der Waals surface area contributed by atoms with Crippen LogP contribution in [0.3, 0.4) is 0 Å². The van der Waals surface area contributed by atoms with Crippen molar-refractivity contribution in [1.29, 1.82) is 0 Å². The number of ketones is 1. The third kappa shape index (κ3) is 3.59. The number of Topliss-reactive ketones (excluding diaryl/α,β-unsaturated/α-hetero) is 1. The minimum atomic E-state index is -0.619. The number of nitrogens with one attached hydrogen (secondary N) is 1. The van der Waals surface area contributed by atoms with Gasteiger partial charge in [-0.15, -0.1) is 5.10 Å². The van der Waals surface area contributed by atoms with E-state index in [2.05, 4.69) is 36.1 Å². The van der Waals surface area contributed by atoms with Crippen LogP contribution in [0.1, 0.15) is 52.7 Å². The minimum absolute atomic E-state index is 0.0128. The van der Waals surface area contributed by atoms with E-state index >= 15 is 0 Å². The van der Waals surface area contributed by atoms with Crippen LogP contribution in [0.5, 0.6) is 0 Å². The lowest BCUT2D eigenvalue weighted by molar-refractivity contribution is -0.123. The Morgan fingerprint density at radius 1 is 1.52 bits per heavy atom. The number of carbonyl (C=O) groups is 1. The van der Waals surface area contributed by atoms with Crippen molar-refractivity contribution in [2.24, 2.45) is 5.92 Å². The van der Waals surface area contributed by atoms with Crippen molar-refractivity contribution in [3.63, 3.8) is 0 Å². The minimum Gasteiger partial charge on any atom is -0.308 e. The zero-order valence-electron chi connectivity index (χ0n) is 13.9. The molecule has 0 bridgehead atoms. The molecule has 0 aliphatic heterocycles. The Balaban J connectivity index is 3.09. The maximum Gasteiger partial charge on any atom is 0.150 e. The van der Waals surface area contributed by atoms with Gasteiger partial charge in [-0.05, 0) is 39.3 Å². The van der Waals surface area contributed by atoms with E-state index in [0.29, 0.717) is 0 Å². The van der Waals surface area contributed by atoms with E-state index in [9.17, 15) is 4.79 Å². The summed E-state index contributed by atoms with van der Waals surface area (Å²) in [5, 5.41) is 11.3. The number of hydrogen-bond donors (Lipinski definition) is 1. The summed E-state index contributed by atoms with van der Waals surface area (Å²) in [5.41, 5.74) is 1.23. The second-order valence-electron chi connectivity index (χ2n) is 5.69. The van der Waals surface area contributed by atoms with Crippen LogP contribution in [0, 0.1) is 5.92 Å². The van der Waals surface area contributed by atoms with E-state index in [0.717, 1.165) is 37.1 Å². The van der Waals surface area contributed by atoms with E-state index < -0.39 is 5.54 Å². The number of nitrogens with zero attached hydrogens (tertiary/aromatic N) is 3. The lowest BCUT2D eigenvalue weighted by atomic mass is 9.75. The number of unbranched alkanes of at least 4 members (excludes halogenated alkanes) is 1. The van der Waals surface area contributed by atoms with E-state index in [4.69, 9.17) is 0 Å². The lowest BCUT2D eigenvalue weighted by Crippen LogP contribution is -2.52. The Hall–Kier alpha value is -1.49. The van der Waals surface area contributed by atoms with Gasteiger partial charge in [0.25, 0.3) is 0 Å². The van der Waals surface area contributed by atoms with Gasteiger partial charge in [0.2, 0.25) is 0 Å². The number of rotatable bonds is 9. The summed E-state index contributed by atoms with van der Waals surface area (Å²) in [7, 11) is 1.82. The highest BCUT2D eigenvalue weighted by molar-refractivity contribution is 5.88. The molecule has 0 aliphatic carbocycles. The van der Waals surface area contributed by atoms with Gasteiger partial charge < -0.3 is 5.32 Å². The van der Waals surface area contributed by atoms with Crippen LogP contribution < -0.4 is 5.32 Å². The molecule has 1 heterocycles. The van der Waals surface area contributed by atoms with Crippen molar-refractivity contribution in [3.8, 4) is 0 Å². The van der Waals surface area contributed by atoms with Crippen molar-refractivity contribution >= 4 is 11.4 Å². The van der Waals surface area contributed by atoms with Gasteiger partial charge in [0.1, 0.15) is 5.78 Å². The molecule has 0 amide bonds. The quantitative estimate of drug-likeness (QED) is 0.760. The third-order valence-electron chi connectivity index (χ3n) is 4.45. The molecule has 1 N–H and O–H groups in total. The van der Waals surface area contributed by atoms with Crippen molar-refractivity contribution in [1.82, 2.24) is 20.3 Å². The van der Waals surface area contributed by atoms with Crippen LogP contribution in [-0.4, -0.2) is 33.4 Å². The molecule has 0 aliphatic rings. The van der Waals surface area contributed by atoms with Gasteiger partial charge in [-0.3, -0.25) is 4.79 Å². The first-order valence-corrected chi connectivity index (χ1v) is 7.69. The number of carbonyl (C=O) groups excluding carboxylic acids is 1. The maximum absolute atomic E-state index is 12.1. The molecule has 0 radical (unpaired) electrons. The normalized spacial score (nSPS) is 15.5. The molecule has 5 nitrogen and oxygen atoms in total. The highest BCUT2D eigenvalue weighted by atomic mass is 16.1. The lowest BCUT2D eigenvalue weighted by Gasteiger charge is -2.36. The molecular weight excluding hydrogens is 264 g/mol. The average Bonchev–Trinajstić information content (AvgIpc) is 2.93. The fourth-order valence-corrected chi connectivity index (χ4v) is 2.76. The van der Waals surface area contributed by atoms with Crippen LogP contribution in [-0.2, 0) is 11.3 Å². The number of likely N-dealkylation sites (N-methyl/N-ethyl adjacent to an activating group) is 1. The molecule has 0 saturated heterocycles. The largest absolute Gasteiger partial charge is 0.308 e. The molecular formula is C16H28N4O. The van der Waals surface area contributed by atoms with Gasteiger partial charge in [0.05, 0.1) is 17.4 Å². The maximum atomic E-state index is 12.1. The molecule has 0 spiro atoms. The highest BCUT2D eigenvalue weighted by Gasteiger charge is 2.38. The Morgan fingerprint density at radius 3 is 2.67 bits per heavy atom. The summed E-state index contributed by atoms with van der Waals surface area (Å²) in [5.74, 6) is 0.129. The summed E-state index contributed by atoms with van der Waals surface area (Å²) >= 11 is 0. The molecule has 0 aromatic carbocycles. The summed E-state index contributed by atoms with van der Waals surface area (Å²) in [6.45, 7) is 12.9. The monoisotopic (exact) mass is 292 g/mol. The predicted octanol–water partition coefficient (Wildman–Crippen LogP) is 2.68. The standard InChI is InChI=1S/C16H28N4O/c1-7-9-10-20-15(11-18-19-20)12(3)14(8-2)16(5,17-6)13(4)21/h11,14,17H,3,7-10H2,1-2,4-6H3/t14-,16?/m1/s1. The van der Waals surface area contributed by atoms with Gasteiger partial charge in [0, 0.05) is 12.5 Å². The predicted molar refractivity (Wildman–Crippen MR) is 85.9 cm³/mol. The zero-order chi connectivity index (χ0) is 16.0. The highest BCUT2D eigenvalue weighted by Crippen LogP contribution is 2.33. The number of aryl methyl sites for hydroxylation is 1. The second-order valence-corrected chi connectivity index (χ2v) is 5.69. The molecule has 21 heavy (non-hydrogen) atoms. The van der Waals surface area contributed by atoms with Gasteiger partial charge in [-0.2, -0.15) is 0 Å². The fourth-order valence-electron chi connectivity index (χ4n) is 2.76. The number of hydrogen-bond acceptors (Lipinski definition) is 4.